The molecule has 1 saturated carbocycles. The number of hydrogen-bond donors (Lipinski definition) is 2. The lowest BCUT2D eigenvalue weighted by atomic mass is 9.85. The molecule has 1 fully saturated rings. The highest BCUT2D eigenvalue weighted by Gasteiger charge is 2.18. The molecule has 0 unspecified atom stereocenters. The van der Waals surface area contributed by atoms with Crippen LogP contribution in [0, 0.1) is 12.8 Å². The fraction of sp³-hybridized carbons (Fsp3) is 0.500. The van der Waals surface area contributed by atoms with Crippen LogP contribution in [0.2, 0.25) is 0 Å². The van der Waals surface area contributed by atoms with Gasteiger partial charge in [-0.05, 0) is 43.4 Å². The van der Waals surface area contributed by atoms with Crippen LogP contribution in [0.3, 0.4) is 0 Å². The number of hydrogen-bond acceptors (Lipinski definition) is 3. The highest BCUT2D eigenvalue weighted by atomic mass is 32.2. The van der Waals surface area contributed by atoms with Gasteiger partial charge < -0.3 is 5.32 Å². The molecule has 0 aliphatic heterocycles. The Kier molecular flexibility index (Phi) is 3.40. The van der Waals surface area contributed by atoms with Gasteiger partial charge in [0.1, 0.15) is 0 Å². The van der Waals surface area contributed by atoms with E-state index in [0.717, 1.165) is 18.2 Å². The van der Waals surface area contributed by atoms with Gasteiger partial charge in [-0.25, -0.2) is 13.6 Å². The van der Waals surface area contributed by atoms with Crippen molar-refractivity contribution in [1.29, 1.82) is 0 Å². The molecule has 0 amide bonds. The molecule has 2 rings (SSSR count). The van der Waals surface area contributed by atoms with E-state index in [1.807, 2.05) is 6.07 Å². The first kappa shape index (κ1) is 12.4. The summed E-state index contributed by atoms with van der Waals surface area (Å²) in [6.45, 7) is 2.69. The minimum atomic E-state index is -3.63. The second-order valence-corrected chi connectivity index (χ2v) is 6.18. The van der Waals surface area contributed by atoms with Gasteiger partial charge in [0.2, 0.25) is 10.0 Å². The molecule has 0 atom stereocenters. The number of benzene rings is 1. The van der Waals surface area contributed by atoms with Crippen molar-refractivity contribution in [2.45, 2.75) is 31.1 Å². The number of primary sulfonamides is 1. The fourth-order valence-electron chi connectivity index (χ4n) is 2.07. The van der Waals surface area contributed by atoms with Gasteiger partial charge in [-0.3, -0.25) is 0 Å². The predicted octanol–water partition coefficient (Wildman–Crippen LogP) is 1.85. The van der Waals surface area contributed by atoms with Crippen molar-refractivity contribution >= 4 is 15.7 Å². The third-order valence-electron chi connectivity index (χ3n) is 3.40. The lowest BCUT2D eigenvalue weighted by molar-refractivity contribution is 0.333. The van der Waals surface area contributed by atoms with Crippen molar-refractivity contribution in [1.82, 2.24) is 0 Å². The Morgan fingerprint density at radius 2 is 2.12 bits per heavy atom. The van der Waals surface area contributed by atoms with Crippen LogP contribution in [0.1, 0.15) is 24.8 Å². The van der Waals surface area contributed by atoms with Crippen LogP contribution in [0.5, 0.6) is 0 Å². The first-order valence-electron chi connectivity index (χ1n) is 5.85. The third kappa shape index (κ3) is 2.79. The summed E-state index contributed by atoms with van der Waals surface area (Å²) in [5.41, 5.74) is 1.57. The van der Waals surface area contributed by atoms with Crippen molar-refractivity contribution in [3.8, 4) is 0 Å². The van der Waals surface area contributed by atoms with Gasteiger partial charge in [0.15, 0.2) is 0 Å². The SMILES string of the molecule is Cc1c(NCC2CCC2)cccc1S(N)(=O)=O. The number of anilines is 1. The van der Waals surface area contributed by atoms with Gasteiger partial charge in [0, 0.05) is 12.2 Å². The zero-order valence-corrected chi connectivity index (χ0v) is 10.8. The fourth-order valence-corrected chi connectivity index (χ4v) is 2.87. The van der Waals surface area contributed by atoms with E-state index in [0.29, 0.717) is 5.56 Å². The molecular weight excluding hydrogens is 236 g/mol. The zero-order valence-electron chi connectivity index (χ0n) is 9.94. The minimum Gasteiger partial charge on any atom is -0.385 e. The Hall–Kier alpha value is -1.07. The molecular formula is C12H18N2O2S. The maximum atomic E-state index is 11.4. The Balaban J connectivity index is 2.17. The smallest absolute Gasteiger partial charge is 0.238 e. The summed E-state index contributed by atoms with van der Waals surface area (Å²) >= 11 is 0. The van der Waals surface area contributed by atoms with E-state index in [1.54, 1.807) is 19.1 Å². The van der Waals surface area contributed by atoms with E-state index in [-0.39, 0.29) is 4.90 Å². The molecule has 3 N–H and O–H groups in total. The minimum absolute atomic E-state index is 0.205. The van der Waals surface area contributed by atoms with Crippen molar-refractivity contribution in [3.05, 3.63) is 23.8 Å². The van der Waals surface area contributed by atoms with E-state index >= 15 is 0 Å². The molecule has 4 nitrogen and oxygen atoms in total. The standard InChI is InChI=1S/C12H18N2O2S/c1-9-11(14-8-10-4-2-5-10)6-3-7-12(9)17(13,15)16/h3,6-7,10,14H,2,4-5,8H2,1H3,(H2,13,15,16). The molecule has 0 radical (unpaired) electrons. The van der Waals surface area contributed by atoms with Gasteiger partial charge in [-0.15, -0.1) is 0 Å². The summed E-state index contributed by atoms with van der Waals surface area (Å²) in [5, 5.41) is 8.47. The van der Waals surface area contributed by atoms with E-state index in [4.69, 9.17) is 5.14 Å². The summed E-state index contributed by atoms with van der Waals surface area (Å²) in [5.74, 6) is 0.729. The van der Waals surface area contributed by atoms with Crippen LogP contribution in [-0.4, -0.2) is 15.0 Å². The second-order valence-electron chi connectivity index (χ2n) is 4.65. The Bertz CT molecular complexity index is 507. The predicted molar refractivity (Wildman–Crippen MR) is 68.4 cm³/mol. The average Bonchev–Trinajstić information content (AvgIpc) is 2.16. The number of nitrogens with two attached hydrogens (primary N) is 1. The van der Waals surface area contributed by atoms with Crippen molar-refractivity contribution in [3.63, 3.8) is 0 Å². The Labute approximate surface area is 102 Å². The van der Waals surface area contributed by atoms with Crippen LogP contribution in [-0.2, 0) is 10.0 Å². The lowest BCUT2D eigenvalue weighted by Crippen LogP contribution is -2.21. The second kappa shape index (κ2) is 4.66. The molecule has 0 heterocycles. The summed E-state index contributed by atoms with van der Waals surface area (Å²) < 4.78 is 22.7. The van der Waals surface area contributed by atoms with Gasteiger partial charge in [-0.1, -0.05) is 12.5 Å². The van der Waals surface area contributed by atoms with Gasteiger partial charge in [0.25, 0.3) is 0 Å². The first-order valence-corrected chi connectivity index (χ1v) is 7.39. The highest BCUT2D eigenvalue weighted by molar-refractivity contribution is 7.89. The maximum Gasteiger partial charge on any atom is 0.238 e. The summed E-state index contributed by atoms with van der Waals surface area (Å²) in [6.07, 6.45) is 3.84. The van der Waals surface area contributed by atoms with E-state index in [2.05, 4.69) is 5.32 Å². The van der Waals surface area contributed by atoms with Crippen molar-refractivity contribution < 1.29 is 8.42 Å². The van der Waals surface area contributed by atoms with Crippen molar-refractivity contribution in [2.24, 2.45) is 11.1 Å². The summed E-state index contributed by atoms with van der Waals surface area (Å²) in [7, 11) is -3.63. The highest BCUT2D eigenvalue weighted by Crippen LogP contribution is 2.28. The summed E-state index contributed by atoms with van der Waals surface area (Å²) in [6, 6.07) is 5.15. The Morgan fingerprint density at radius 1 is 1.41 bits per heavy atom. The molecule has 1 aliphatic rings. The molecule has 1 aliphatic carbocycles. The summed E-state index contributed by atoms with van der Waals surface area (Å²) in [4.78, 5) is 0.205. The van der Waals surface area contributed by atoms with Gasteiger partial charge in [-0.2, -0.15) is 0 Å². The number of nitrogens with one attached hydrogen (secondary N) is 1. The lowest BCUT2D eigenvalue weighted by Gasteiger charge is -2.26. The normalized spacial score (nSPS) is 16.6. The molecule has 17 heavy (non-hydrogen) atoms. The average molecular weight is 254 g/mol. The number of rotatable bonds is 4. The first-order chi connectivity index (χ1) is 7.98. The largest absolute Gasteiger partial charge is 0.385 e. The maximum absolute atomic E-state index is 11.4. The van der Waals surface area contributed by atoms with E-state index in [1.165, 1.54) is 19.3 Å². The molecule has 0 saturated heterocycles. The van der Waals surface area contributed by atoms with Gasteiger partial charge in [0.05, 0.1) is 4.90 Å². The van der Waals surface area contributed by atoms with Crippen LogP contribution >= 0.6 is 0 Å². The molecule has 1 aromatic rings. The molecule has 5 heteroatoms. The van der Waals surface area contributed by atoms with Crippen molar-refractivity contribution in [2.75, 3.05) is 11.9 Å². The Morgan fingerprint density at radius 3 is 2.65 bits per heavy atom. The van der Waals surface area contributed by atoms with Crippen LogP contribution < -0.4 is 10.5 Å². The molecule has 0 aromatic heterocycles. The van der Waals surface area contributed by atoms with Crippen LogP contribution in [0.4, 0.5) is 5.69 Å². The van der Waals surface area contributed by atoms with E-state index < -0.39 is 10.0 Å². The third-order valence-corrected chi connectivity index (χ3v) is 4.45. The van der Waals surface area contributed by atoms with Crippen LogP contribution in [0.25, 0.3) is 0 Å². The monoisotopic (exact) mass is 254 g/mol. The quantitative estimate of drug-likeness (QED) is 0.861. The molecule has 1 aromatic carbocycles. The molecule has 0 spiro atoms. The molecule has 94 valence electrons. The molecule has 0 bridgehead atoms. The van der Waals surface area contributed by atoms with Gasteiger partial charge >= 0.3 is 0 Å². The number of sulfonamides is 1. The van der Waals surface area contributed by atoms with Crippen LogP contribution in [0.15, 0.2) is 23.1 Å². The zero-order chi connectivity index (χ0) is 12.5. The topological polar surface area (TPSA) is 72.2 Å². The van der Waals surface area contributed by atoms with E-state index in [9.17, 15) is 8.42 Å².